The van der Waals surface area contributed by atoms with Gasteiger partial charge < -0.3 is 15.4 Å². The number of ether oxygens (including phenoxy) is 1. The maximum atomic E-state index is 12.5. The van der Waals surface area contributed by atoms with E-state index in [-0.39, 0.29) is 17.2 Å². The summed E-state index contributed by atoms with van der Waals surface area (Å²) in [5, 5.41) is 5.43. The van der Waals surface area contributed by atoms with Crippen molar-refractivity contribution >= 4 is 35.1 Å². The van der Waals surface area contributed by atoms with Gasteiger partial charge in [0.1, 0.15) is 5.75 Å². The summed E-state index contributed by atoms with van der Waals surface area (Å²) in [6, 6.07) is 14.8. The average molecular weight is 371 g/mol. The van der Waals surface area contributed by atoms with Crippen molar-refractivity contribution in [3.8, 4) is 5.75 Å². The first kappa shape index (κ1) is 18.1. The molecule has 3 amide bonds. The number of benzene rings is 2. The molecule has 1 aliphatic heterocycles. The highest BCUT2D eigenvalue weighted by Crippen LogP contribution is 2.27. The van der Waals surface area contributed by atoms with Gasteiger partial charge in [-0.1, -0.05) is 6.07 Å². The van der Waals surface area contributed by atoms with Gasteiger partial charge in [-0.2, -0.15) is 0 Å². The minimum Gasteiger partial charge on any atom is -0.497 e. The van der Waals surface area contributed by atoms with Gasteiger partial charge >= 0.3 is 6.03 Å². The Hall–Kier alpha value is -2.67. The van der Waals surface area contributed by atoms with Crippen molar-refractivity contribution in [2.75, 3.05) is 30.4 Å². The minimum absolute atomic E-state index is 0.0890. The fourth-order valence-corrected chi connectivity index (χ4v) is 3.49. The highest BCUT2D eigenvalue weighted by molar-refractivity contribution is 8.00. The summed E-state index contributed by atoms with van der Waals surface area (Å²) in [6.45, 7) is 3.12. The van der Waals surface area contributed by atoms with Crippen LogP contribution in [0.3, 0.4) is 0 Å². The summed E-state index contributed by atoms with van der Waals surface area (Å²) in [6.07, 6.45) is 0. The lowest BCUT2D eigenvalue weighted by Gasteiger charge is -2.16. The Morgan fingerprint density at radius 3 is 2.69 bits per heavy atom. The first-order chi connectivity index (χ1) is 12.6. The van der Waals surface area contributed by atoms with Gasteiger partial charge in [0.2, 0.25) is 5.91 Å². The summed E-state index contributed by atoms with van der Waals surface area (Å²) in [4.78, 5) is 26.9. The van der Waals surface area contributed by atoms with Gasteiger partial charge in [0.05, 0.1) is 12.4 Å². The fourth-order valence-electron chi connectivity index (χ4n) is 2.63. The Kier molecular flexibility index (Phi) is 5.68. The zero-order chi connectivity index (χ0) is 18.5. The molecule has 1 saturated heterocycles. The van der Waals surface area contributed by atoms with Crippen LogP contribution in [0.1, 0.15) is 6.92 Å². The number of urea groups is 1. The lowest BCUT2D eigenvalue weighted by atomic mass is 10.2. The largest absolute Gasteiger partial charge is 0.497 e. The van der Waals surface area contributed by atoms with Gasteiger partial charge in [0.25, 0.3) is 0 Å². The van der Waals surface area contributed by atoms with Crippen LogP contribution in [0.15, 0.2) is 53.4 Å². The van der Waals surface area contributed by atoms with Gasteiger partial charge in [0.15, 0.2) is 0 Å². The third kappa shape index (κ3) is 4.29. The molecule has 1 unspecified atom stereocenters. The van der Waals surface area contributed by atoms with E-state index in [1.54, 1.807) is 12.0 Å². The molecule has 0 bridgehead atoms. The molecule has 26 heavy (non-hydrogen) atoms. The van der Waals surface area contributed by atoms with Crippen LogP contribution < -0.4 is 20.3 Å². The predicted octanol–water partition coefficient (Wildman–Crippen LogP) is 3.34. The molecular formula is C19H21N3O3S. The molecule has 0 radical (unpaired) electrons. The van der Waals surface area contributed by atoms with Gasteiger partial charge in [-0.05, 0) is 49.4 Å². The van der Waals surface area contributed by atoms with E-state index in [1.165, 1.54) is 11.8 Å². The number of methoxy groups -OCH3 is 1. The molecule has 0 spiro atoms. The molecule has 2 aromatic rings. The second kappa shape index (κ2) is 8.14. The van der Waals surface area contributed by atoms with E-state index in [1.807, 2.05) is 55.5 Å². The van der Waals surface area contributed by atoms with Crippen LogP contribution in [0.5, 0.6) is 5.75 Å². The van der Waals surface area contributed by atoms with Crippen LogP contribution in [-0.4, -0.2) is 37.4 Å². The molecule has 2 N–H and O–H groups in total. The maximum absolute atomic E-state index is 12.5. The van der Waals surface area contributed by atoms with Crippen molar-refractivity contribution in [3.05, 3.63) is 48.5 Å². The number of amides is 3. The van der Waals surface area contributed by atoms with Crippen molar-refractivity contribution in [2.24, 2.45) is 0 Å². The standard InChI is InChI=1S/C19H21N3O3S/c1-13(26-17-8-6-16(25-2)7-9-17)18(23)21-14-4-3-5-15(12-14)22-11-10-20-19(22)24/h3-9,12-13H,10-11H2,1-2H3,(H,20,24)(H,21,23). The number of carbonyl (C=O) groups is 2. The molecule has 3 rings (SSSR count). The normalized spacial score (nSPS) is 14.7. The number of nitrogens with zero attached hydrogens (tertiary/aromatic N) is 1. The van der Waals surface area contributed by atoms with Gasteiger partial charge in [0, 0.05) is 29.4 Å². The average Bonchev–Trinajstić information content (AvgIpc) is 3.08. The maximum Gasteiger partial charge on any atom is 0.321 e. The number of nitrogens with one attached hydrogen (secondary N) is 2. The van der Waals surface area contributed by atoms with Crippen molar-refractivity contribution < 1.29 is 14.3 Å². The smallest absolute Gasteiger partial charge is 0.321 e. The minimum atomic E-state index is -0.262. The number of hydrogen-bond donors (Lipinski definition) is 2. The summed E-state index contributed by atoms with van der Waals surface area (Å²) in [7, 11) is 1.62. The van der Waals surface area contributed by atoms with Gasteiger partial charge in [-0.3, -0.25) is 9.69 Å². The third-order valence-corrected chi connectivity index (χ3v) is 5.14. The van der Waals surface area contributed by atoms with Gasteiger partial charge in [-0.25, -0.2) is 4.79 Å². The Morgan fingerprint density at radius 1 is 1.27 bits per heavy atom. The predicted molar refractivity (Wildman–Crippen MR) is 104 cm³/mol. The Balaban J connectivity index is 1.62. The number of rotatable bonds is 6. The van der Waals surface area contributed by atoms with E-state index in [9.17, 15) is 9.59 Å². The molecule has 136 valence electrons. The van der Waals surface area contributed by atoms with Gasteiger partial charge in [-0.15, -0.1) is 11.8 Å². The third-order valence-electron chi connectivity index (χ3n) is 4.02. The first-order valence-corrected chi connectivity index (χ1v) is 9.22. The van der Waals surface area contributed by atoms with E-state index < -0.39 is 0 Å². The lowest BCUT2D eigenvalue weighted by Crippen LogP contribution is -2.28. The van der Waals surface area contributed by atoms with Crippen molar-refractivity contribution in [2.45, 2.75) is 17.1 Å². The second-order valence-corrected chi connectivity index (χ2v) is 7.27. The molecule has 6 nitrogen and oxygen atoms in total. The molecule has 1 aliphatic rings. The zero-order valence-electron chi connectivity index (χ0n) is 14.7. The van der Waals surface area contributed by atoms with Crippen molar-refractivity contribution in [3.63, 3.8) is 0 Å². The van der Waals surface area contributed by atoms with E-state index in [0.717, 1.165) is 16.3 Å². The summed E-state index contributed by atoms with van der Waals surface area (Å²) < 4.78 is 5.14. The Bertz CT molecular complexity index is 795. The SMILES string of the molecule is COc1ccc(SC(C)C(=O)Nc2cccc(N3CCNC3=O)c2)cc1. The van der Waals surface area contributed by atoms with E-state index >= 15 is 0 Å². The van der Waals surface area contributed by atoms with Crippen LogP contribution in [0.25, 0.3) is 0 Å². The number of thioether (sulfide) groups is 1. The van der Waals surface area contributed by atoms with E-state index in [4.69, 9.17) is 4.74 Å². The van der Waals surface area contributed by atoms with E-state index in [0.29, 0.717) is 18.8 Å². The summed E-state index contributed by atoms with van der Waals surface area (Å²) in [5.41, 5.74) is 1.45. The molecule has 2 aromatic carbocycles. The molecule has 0 aromatic heterocycles. The number of anilines is 2. The first-order valence-electron chi connectivity index (χ1n) is 8.34. The lowest BCUT2D eigenvalue weighted by molar-refractivity contribution is -0.115. The monoisotopic (exact) mass is 371 g/mol. The van der Waals surface area contributed by atoms with Crippen LogP contribution >= 0.6 is 11.8 Å². The molecule has 7 heteroatoms. The Labute approximate surface area is 156 Å². The van der Waals surface area contributed by atoms with Crippen LogP contribution in [-0.2, 0) is 4.79 Å². The topological polar surface area (TPSA) is 70.7 Å². The van der Waals surface area contributed by atoms with Crippen molar-refractivity contribution in [1.82, 2.24) is 5.32 Å². The van der Waals surface area contributed by atoms with Crippen molar-refractivity contribution in [1.29, 1.82) is 0 Å². The number of carbonyl (C=O) groups excluding carboxylic acids is 2. The summed E-state index contributed by atoms with van der Waals surface area (Å²) >= 11 is 1.48. The quantitative estimate of drug-likeness (QED) is 0.764. The van der Waals surface area contributed by atoms with Crippen LogP contribution in [0, 0.1) is 0 Å². The highest BCUT2D eigenvalue weighted by Gasteiger charge is 2.21. The van der Waals surface area contributed by atoms with Crippen LogP contribution in [0.2, 0.25) is 0 Å². The highest BCUT2D eigenvalue weighted by atomic mass is 32.2. The zero-order valence-corrected chi connectivity index (χ0v) is 15.5. The molecule has 1 heterocycles. The molecule has 0 aliphatic carbocycles. The number of hydrogen-bond acceptors (Lipinski definition) is 4. The second-order valence-electron chi connectivity index (χ2n) is 5.86. The molecule has 1 fully saturated rings. The van der Waals surface area contributed by atoms with Crippen LogP contribution in [0.4, 0.5) is 16.2 Å². The molecule has 1 atom stereocenters. The fraction of sp³-hybridized carbons (Fsp3) is 0.263. The molecular weight excluding hydrogens is 350 g/mol. The summed E-state index contributed by atoms with van der Waals surface area (Å²) in [5.74, 6) is 0.697. The van der Waals surface area contributed by atoms with E-state index in [2.05, 4.69) is 10.6 Å². The molecule has 0 saturated carbocycles. The Morgan fingerprint density at radius 2 is 2.04 bits per heavy atom.